The summed E-state index contributed by atoms with van der Waals surface area (Å²) in [4.78, 5) is 38.0. The quantitative estimate of drug-likeness (QED) is 0.663. The normalized spacial score (nSPS) is 31.6. The summed E-state index contributed by atoms with van der Waals surface area (Å²) in [6.07, 6.45) is 5.75. The Hall–Kier alpha value is -2.25. The summed E-state index contributed by atoms with van der Waals surface area (Å²) in [5.74, 6) is 0.0503. The lowest BCUT2D eigenvalue weighted by molar-refractivity contribution is -0.136. The average molecular weight is 396 g/mol. The SMILES string of the molecule is O=C1CCC(N2Cc3cc(CNC45CCCC(CNC4)C5)ccc3C2=O)C(=O)N1. The van der Waals surface area contributed by atoms with Gasteiger partial charge in [-0.15, -0.1) is 0 Å². The van der Waals surface area contributed by atoms with Gasteiger partial charge in [0, 0.05) is 37.2 Å². The molecule has 3 aliphatic heterocycles. The number of carbonyl (C=O) groups is 3. The average Bonchev–Trinajstić information content (AvgIpc) is 3.02. The van der Waals surface area contributed by atoms with Gasteiger partial charge in [-0.1, -0.05) is 18.6 Å². The van der Waals surface area contributed by atoms with Crippen LogP contribution in [0.3, 0.4) is 0 Å². The molecule has 1 aromatic carbocycles. The Kier molecular flexibility index (Phi) is 4.67. The smallest absolute Gasteiger partial charge is 0.255 e. The van der Waals surface area contributed by atoms with Crippen LogP contribution in [0, 0.1) is 5.92 Å². The van der Waals surface area contributed by atoms with Crippen LogP contribution in [0.4, 0.5) is 0 Å². The third kappa shape index (κ3) is 3.46. The van der Waals surface area contributed by atoms with Crippen molar-refractivity contribution in [1.82, 2.24) is 20.9 Å². The van der Waals surface area contributed by atoms with Crippen LogP contribution in [0.5, 0.6) is 0 Å². The molecule has 154 valence electrons. The van der Waals surface area contributed by atoms with Gasteiger partial charge in [0.05, 0.1) is 0 Å². The summed E-state index contributed by atoms with van der Waals surface area (Å²) in [7, 11) is 0. The fourth-order valence-electron chi connectivity index (χ4n) is 5.59. The van der Waals surface area contributed by atoms with Crippen LogP contribution in [0.2, 0.25) is 0 Å². The molecule has 0 radical (unpaired) electrons. The van der Waals surface area contributed by atoms with Gasteiger partial charge < -0.3 is 15.5 Å². The summed E-state index contributed by atoms with van der Waals surface area (Å²) < 4.78 is 0. The molecule has 0 aromatic heterocycles. The summed E-state index contributed by atoms with van der Waals surface area (Å²) >= 11 is 0. The van der Waals surface area contributed by atoms with E-state index in [4.69, 9.17) is 0 Å². The molecule has 7 heteroatoms. The summed E-state index contributed by atoms with van der Waals surface area (Å²) in [6, 6.07) is 5.45. The van der Waals surface area contributed by atoms with Crippen LogP contribution in [0.25, 0.3) is 0 Å². The Bertz CT molecular complexity index is 858. The first-order valence-electron chi connectivity index (χ1n) is 10.8. The number of carbonyl (C=O) groups excluding carboxylic acids is 3. The molecular formula is C22H28N4O3. The highest BCUT2D eigenvalue weighted by Crippen LogP contribution is 2.35. The Morgan fingerprint density at radius 1 is 1.21 bits per heavy atom. The molecule has 3 unspecified atom stereocenters. The first-order chi connectivity index (χ1) is 14.0. The number of amides is 3. The third-order valence-electron chi connectivity index (χ3n) is 7.10. The predicted molar refractivity (Wildman–Crippen MR) is 107 cm³/mol. The fourth-order valence-corrected chi connectivity index (χ4v) is 5.59. The van der Waals surface area contributed by atoms with Crippen LogP contribution in [0.15, 0.2) is 18.2 Å². The molecule has 7 nitrogen and oxygen atoms in total. The maximum atomic E-state index is 12.8. The largest absolute Gasteiger partial charge is 0.322 e. The molecule has 2 saturated heterocycles. The summed E-state index contributed by atoms with van der Waals surface area (Å²) in [5, 5.41) is 9.75. The maximum absolute atomic E-state index is 12.8. The Morgan fingerprint density at radius 2 is 2.10 bits per heavy atom. The van der Waals surface area contributed by atoms with Crippen molar-refractivity contribution in [3.05, 3.63) is 34.9 Å². The number of piperidine rings is 2. The van der Waals surface area contributed by atoms with Crippen LogP contribution in [0.1, 0.15) is 60.0 Å². The highest BCUT2D eigenvalue weighted by atomic mass is 16.2. The van der Waals surface area contributed by atoms with Crippen LogP contribution < -0.4 is 16.0 Å². The second kappa shape index (κ2) is 7.22. The van der Waals surface area contributed by atoms with Crippen molar-refractivity contribution in [3.63, 3.8) is 0 Å². The Labute approximate surface area is 170 Å². The zero-order valence-corrected chi connectivity index (χ0v) is 16.6. The lowest BCUT2D eigenvalue weighted by Crippen LogP contribution is -2.59. The Morgan fingerprint density at radius 3 is 2.97 bits per heavy atom. The van der Waals surface area contributed by atoms with Gasteiger partial charge >= 0.3 is 0 Å². The molecule has 3 N–H and O–H groups in total. The monoisotopic (exact) mass is 396 g/mol. The van der Waals surface area contributed by atoms with E-state index in [0.29, 0.717) is 18.5 Å². The molecule has 3 heterocycles. The molecule has 3 atom stereocenters. The number of hydrogen-bond donors (Lipinski definition) is 3. The first-order valence-corrected chi connectivity index (χ1v) is 10.8. The van der Waals surface area contributed by atoms with Crippen molar-refractivity contribution in [1.29, 1.82) is 0 Å². The molecule has 2 bridgehead atoms. The van der Waals surface area contributed by atoms with E-state index >= 15 is 0 Å². The van der Waals surface area contributed by atoms with E-state index in [-0.39, 0.29) is 29.7 Å². The van der Waals surface area contributed by atoms with E-state index in [1.807, 2.05) is 12.1 Å². The number of nitrogens with zero attached hydrogens (tertiary/aromatic N) is 1. The van der Waals surface area contributed by atoms with E-state index in [0.717, 1.165) is 31.1 Å². The van der Waals surface area contributed by atoms with Crippen LogP contribution >= 0.6 is 0 Å². The summed E-state index contributed by atoms with van der Waals surface area (Å²) in [5.41, 5.74) is 3.01. The van der Waals surface area contributed by atoms with E-state index in [9.17, 15) is 14.4 Å². The number of benzene rings is 1. The minimum absolute atomic E-state index is 0.112. The zero-order valence-electron chi connectivity index (χ0n) is 16.6. The molecule has 4 aliphatic rings. The van der Waals surface area contributed by atoms with Gasteiger partial charge in [0.15, 0.2) is 0 Å². The molecule has 5 rings (SSSR count). The topological polar surface area (TPSA) is 90.5 Å². The van der Waals surface area contributed by atoms with E-state index in [2.05, 4.69) is 22.0 Å². The van der Waals surface area contributed by atoms with Gasteiger partial charge in [0.2, 0.25) is 11.8 Å². The lowest BCUT2D eigenvalue weighted by Gasteiger charge is -2.46. The van der Waals surface area contributed by atoms with Crippen molar-refractivity contribution >= 4 is 17.7 Å². The van der Waals surface area contributed by atoms with Crippen molar-refractivity contribution in [2.75, 3.05) is 13.1 Å². The van der Waals surface area contributed by atoms with Crippen LogP contribution in [-0.4, -0.2) is 47.3 Å². The number of imide groups is 1. The van der Waals surface area contributed by atoms with Crippen molar-refractivity contribution < 1.29 is 14.4 Å². The van der Waals surface area contributed by atoms with Crippen molar-refractivity contribution in [2.45, 2.75) is 63.2 Å². The fraction of sp³-hybridized carbons (Fsp3) is 0.591. The highest BCUT2D eigenvalue weighted by Gasteiger charge is 2.40. The molecule has 1 saturated carbocycles. The number of rotatable bonds is 4. The number of hydrogen-bond acceptors (Lipinski definition) is 5. The number of fused-ring (bicyclic) bond motifs is 3. The summed E-state index contributed by atoms with van der Waals surface area (Å²) in [6.45, 7) is 3.38. The van der Waals surface area contributed by atoms with E-state index < -0.39 is 6.04 Å². The predicted octanol–water partition coefficient (Wildman–Crippen LogP) is 1.07. The van der Waals surface area contributed by atoms with Gasteiger partial charge in [-0.2, -0.15) is 0 Å². The minimum Gasteiger partial charge on any atom is -0.322 e. The molecular weight excluding hydrogens is 368 g/mol. The molecule has 1 aliphatic carbocycles. The lowest BCUT2D eigenvalue weighted by atomic mass is 9.73. The molecule has 3 fully saturated rings. The first kappa shape index (κ1) is 18.8. The van der Waals surface area contributed by atoms with Crippen LogP contribution in [-0.2, 0) is 22.7 Å². The standard InChI is InChI=1S/C22H28N4O3/c27-19-6-5-18(20(28)25-19)26-12-16-8-14(3-4-17(16)21(26)29)11-24-22-7-1-2-15(9-22)10-23-13-22/h3-4,8,15,18,23-24H,1-2,5-7,9-13H2,(H,25,27,28). The van der Waals surface area contributed by atoms with Gasteiger partial charge in [-0.05, 0) is 55.3 Å². The Balaban J connectivity index is 1.27. The zero-order chi connectivity index (χ0) is 20.0. The third-order valence-corrected chi connectivity index (χ3v) is 7.10. The minimum atomic E-state index is -0.555. The van der Waals surface area contributed by atoms with Gasteiger partial charge in [-0.25, -0.2) is 0 Å². The van der Waals surface area contributed by atoms with E-state index in [1.165, 1.54) is 31.2 Å². The number of nitrogens with one attached hydrogen (secondary N) is 3. The highest BCUT2D eigenvalue weighted by molar-refractivity contribution is 6.05. The van der Waals surface area contributed by atoms with Gasteiger partial charge in [0.1, 0.15) is 6.04 Å². The van der Waals surface area contributed by atoms with Crippen molar-refractivity contribution in [3.8, 4) is 0 Å². The van der Waals surface area contributed by atoms with E-state index in [1.54, 1.807) is 4.90 Å². The second-order valence-electron chi connectivity index (χ2n) is 9.12. The van der Waals surface area contributed by atoms with Crippen molar-refractivity contribution in [2.24, 2.45) is 5.92 Å². The van der Waals surface area contributed by atoms with Gasteiger partial charge in [0.25, 0.3) is 5.91 Å². The molecule has 3 amide bonds. The molecule has 0 spiro atoms. The second-order valence-corrected chi connectivity index (χ2v) is 9.12. The molecule has 29 heavy (non-hydrogen) atoms. The molecule has 1 aromatic rings. The maximum Gasteiger partial charge on any atom is 0.255 e. The van der Waals surface area contributed by atoms with Gasteiger partial charge in [-0.3, -0.25) is 19.7 Å².